The van der Waals surface area contributed by atoms with E-state index in [-0.39, 0.29) is 12.2 Å². The van der Waals surface area contributed by atoms with Crippen LogP contribution in [0, 0.1) is 6.92 Å². The highest BCUT2D eigenvalue weighted by molar-refractivity contribution is 6.30. The largest absolute Gasteiger partial charge is 0.496 e. The van der Waals surface area contributed by atoms with Crippen molar-refractivity contribution >= 4 is 34.3 Å². The van der Waals surface area contributed by atoms with E-state index in [2.05, 4.69) is 4.98 Å². The molecular formula is C19H16ClNO4. The highest BCUT2D eigenvalue weighted by Crippen LogP contribution is 2.34. The Bertz CT molecular complexity index is 973. The number of hydrogen-bond acceptors (Lipinski definition) is 3. The fraction of sp³-hybridized carbons (Fsp3) is 0.158. The van der Waals surface area contributed by atoms with Crippen molar-refractivity contribution < 1.29 is 19.4 Å². The van der Waals surface area contributed by atoms with Crippen LogP contribution in [0.4, 0.5) is 0 Å². The maximum atomic E-state index is 13.1. The Labute approximate surface area is 149 Å². The molecule has 0 aliphatic rings. The minimum Gasteiger partial charge on any atom is -0.496 e. The average Bonchev–Trinajstić information content (AvgIpc) is 2.89. The molecule has 0 fully saturated rings. The number of aliphatic carboxylic acids is 1. The zero-order valence-corrected chi connectivity index (χ0v) is 14.5. The van der Waals surface area contributed by atoms with Crippen LogP contribution in [-0.4, -0.2) is 29.0 Å². The standard InChI is InChI=1S/C19H16ClNO4/c1-10-13(9-16(22)23)17-14(21-10)7-8-15(25-2)18(17)19(24)11-3-5-12(20)6-4-11/h3-8,21H,9H2,1-2H3,(H,22,23). The number of ketones is 1. The SMILES string of the molecule is COc1ccc2[nH]c(C)c(CC(=O)O)c2c1C(=O)c1ccc(Cl)cc1. The number of halogens is 1. The highest BCUT2D eigenvalue weighted by Gasteiger charge is 2.23. The number of fused-ring (bicyclic) bond motifs is 1. The van der Waals surface area contributed by atoms with E-state index in [9.17, 15) is 14.7 Å². The van der Waals surface area contributed by atoms with Crippen LogP contribution in [0.3, 0.4) is 0 Å². The molecular weight excluding hydrogens is 342 g/mol. The topological polar surface area (TPSA) is 79.4 Å². The Morgan fingerprint density at radius 2 is 1.84 bits per heavy atom. The minimum atomic E-state index is -0.961. The van der Waals surface area contributed by atoms with Gasteiger partial charge >= 0.3 is 5.97 Å². The molecule has 0 unspecified atom stereocenters. The van der Waals surface area contributed by atoms with Gasteiger partial charge in [-0.3, -0.25) is 9.59 Å². The number of hydrogen-bond donors (Lipinski definition) is 2. The molecule has 1 heterocycles. The number of H-pyrrole nitrogens is 1. The van der Waals surface area contributed by atoms with Crippen LogP contribution in [0.1, 0.15) is 27.2 Å². The maximum Gasteiger partial charge on any atom is 0.307 e. The van der Waals surface area contributed by atoms with Gasteiger partial charge in [-0.05, 0) is 48.9 Å². The van der Waals surface area contributed by atoms with Crippen molar-refractivity contribution in [1.29, 1.82) is 0 Å². The van der Waals surface area contributed by atoms with E-state index in [4.69, 9.17) is 16.3 Å². The third-order valence-corrected chi connectivity index (χ3v) is 4.38. The van der Waals surface area contributed by atoms with Crippen molar-refractivity contribution in [1.82, 2.24) is 4.98 Å². The zero-order valence-electron chi connectivity index (χ0n) is 13.7. The summed E-state index contributed by atoms with van der Waals surface area (Å²) in [6.45, 7) is 1.79. The molecule has 0 spiro atoms. The van der Waals surface area contributed by atoms with Gasteiger partial charge < -0.3 is 14.8 Å². The third-order valence-electron chi connectivity index (χ3n) is 4.13. The molecule has 0 radical (unpaired) electrons. The summed E-state index contributed by atoms with van der Waals surface area (Å²) in [5.74, 6) is -0.806. The first-order valence-corrected chi connectivity index (χ1v) is 8.00. The molecule has 2 aromatic carbocycles. The van der Waals surface area contributed by atoms with Crippen molar-refractivity contribution in [2.75, 3.05) is 7.11 Å². The van der Waals surface area contributed by atoms with E-state index in [1.807, 2.05) is 0 Å². The van der Waals surface area contributed by atoms with Crippen LogP contribution in [0.25, 0.3) is 10.9 Å². The van der Waals surface area contributed by atoms with Gasteiger partial charge in [0.05, 0.1) is 19.1 Å². The molecule has 6 heteroatoms. The summed E-state index contributed by atoms with van der Waals surface area (Å²) in [4.78, 5) is 27.5. The molecule has 5 nitrogen and oxygen atoms in total. The van der Waals surface area contributed by atoms with E-state index in [0.29, 0.717) is 38.4 Å². The number of aryl methyl sites for hydroxylation is 1. The number of carboxylic acids is 1. The van der Waals surface area contributed by atoms with E-state index >= 15 is 0 Å². The van der Waals surface area contributed by atoms with Gasteiger partial charge in [0.15, 0.2) is 5.78 Å². The van der Waals surface area contributed by atoms with Crippen molar-refractivity contribution in [2.45, 2.75) is 13.3 Å². The number of rotatable bonds is 5. The summed E-state index contributed by atoms with van der Waals surface area (Å²) in [7, 11) is 1.48. The van der Waals surface area contributed by atoms with Crippen LogP contribution >= 0.6 is 11.6 Å². The van der Waals surface area contributed by atoms with Gasteiger partial charge in [-0.25, -0.2) is 0 Å². The number of carboxylic acid groups (broad SMARTS) is 1. The molecule has 0 atom stereocenters. The first kappa shape index (κ1) is 17.0. The molecule has 0 amide bonds. The molecule has 25 heavy (non-hydrogen) atoms. The lowest BCUT2D eigenvalue weighted by molar-refractivity contribution is -0.136. The molecule has 3 aromatic rings. The van der Waals surface area contributed by atoms with Crippen LogP contribution in [-0.2, 0) is 11.2 Å². The summed E-state index contributed by atoms with van der Waals surface area (Å²) in [5, 5.41) is 10.3. The van der Waals surface area contributed by atoms with Crippen molar-refractivity contribution in [3.05, 3.63) is 63.8 Å². The van der Waals surface area contributed by atoms with E-state index < -0.39 is 5.97 Å². The second-order valence-corrected chi connectivity index (χ2v) is 6.14. The number of aromatic nitrogens is 1. The van der Waals surface area contributed by atoms with Crippen molar-refractivity contribution in [2.24, 2.45) is 0 Å². The zero-order chi connectivity index (χ0) is 18.1. The summed E-state index contributed by atoms with van der Waals surface area (Å²) in [5.41, 5.74) is 2.81. The number of benzene rings is 2. The molecule has 0 bridgehead atoms. The minimum absolute atomic E-state index is 0.181. The quantitative estimate of drug-likeness (QED) is 0.676. The maximum absolute atomic E-state index is 13.1. The first-order chi connectivity index (χ1) is 11.9. The lowest BCUT2D eigenvalue weighted by Gasteiger charge is -2.11. The Balaban J connectivity index is 2.29. The number of carbonyl (C=O) groups is 2. The van der Waals surface area contributed by atoms with E-state index in [1.165, 1.54) is 7.11 Å². The first-order valence-electron chi connectivity index (χ1n) is 7.62. The average molecular weight is 358 g/mol. The Kier molecular flexibility index (Phi) is 4.51. The monoisotopic (exact) mass is 357 g/mol. The second-order valence-electron chi connectivity index (χ2n) is 5.70. The number of aromatic amines is 1. The Hall–Kier alpha value is -2.79. The molecule has 0 aliphatic carbocycles. The smallest absolute Gasteiger partial charge is 0.307 e. The number of ether oxygens (including phenoxy) is 1. The normalized spacial score (nSPS) is 10.8. The van der Waals surface area contributed by atoms with Gasteiger partial charge in [0, 0.05) is 27.2 Å². The highest BCUT2D eigenvalue weighted by atomic mass is 35.5. The van der Waals surface area contributed by atoms with Crippen molar-refractivity contribution in [3.8, 4) is 5.75 Å². The van der Waals surface area contributed by atoms with E-state index in [0.717, 1.165) is 5.69 Å². The molecule has 128 valence electrons. The Morgan fingerprint density at radius 3 is 2.44 bits per heavy atom. The lowest BCUT2D eigenvalue weighted by atomic mass is 9.95. The molecule has 0 saturated carbocycles. The molecule has 0 saturated heterocycles. The number of methoxy groups -OCH3 is 1. The van der Waals surface area contributed by atoms with Gasteiger partial charge in [0.2, 0.25) is 0 Å². The molecule has 1 aromatic heterocycles. The lowest BCUT2D eigenvalue weighted by Crippen LogP contribution is -2.07. The second kappa shape index (κ2) is 6.61. The van der Waals surface area contributed by atoms with Gasteiger partial charge in [-0.1, -0.05) is 11.6 Å². The Morgan fingerprint density at radius 1 is 1.16 bits per heavy atom. The van der Waals surface area contributed by atoms with Crippen LogP contribution < -0.4 is 4.74 Å². The summed E-state index contributed by atoms with van der Waals surface area (Å²) >= 11 is 5.90. The predicted octanol–water partition coefficient (Wildman–Crippen LogP) is 4.00. The van der Waals surface area contributed by atoms with Gasteiger partial charge in [0.1, 0.15) is 5.75 Å². The third kappa shape index (κ3) is 3.10. The predicted molar refractivity (Wildman–Crippen MR) is 95.8 cm³/mol. The van der Waals surface area contributed by atoms with Crippen LogP contribution in [0.15, 0.2) is 36.4 Å². The van der Waals surface area contributed by atoms with Gasteiger partial charge in [-0.15, -0.1) is 0 Å². The fourth-order valence-corrected chi connectivity index (χ4v) is 3.11. The van der Waals surface area contributed by atoms with Crippen molar-refractivity contribution in [3.63, 3.8) is 0 Å². The number of carbonyl (C=O) groups excluding carboxylic acids is 1. The van der Waals surface area contributed by atoms with E-state index in [1.54, 1.807) is 43.3 Å². The number of nitrogens with one attached hydrogen (secondary N) is 1. The molecule has 0 aliphatic heterocycles. The molecule has 3 rings (SSSR count). The summed E-state index contributed by atoms with van der Waals surface area (Å²) in [6.07, 6.45) is -0.181. The fourth-order valence-electron chi connectivity index (χ4n) is 2.98. The summed E-state index contributed by atoms with van der Waals surface area (Å²) in [6, 6.07) is 10.0. The van der Waals surface area contributed by atoms with Crippen LogP contribution in [0.2, 0.25) is 5.02 Å². The molecule has 2 N–H and O–H groups in total. The summed E-state index contributed by atoms with van der Waals surface area (Å²) < 4.78 is 5.38. The van der Waals surface area contributed by atoms with Crippen LogP contribution in [0.5, 0.6) is 5.75 Å². The van der Waals surface area contributed by atoms with Gasteiger partial charge in [0.25, 0.3) is 0 Å². The van der Waals surface area contributed by atoms with Gasteiger partial charge in [-0.2, -0.15) is 0 Å².